The summed E-state index contributed by atoms with van der Waals surface area (Å²) in [5, 5.41) is 18.7. The maximum atomic E-state index is 11.9. The number of hydrogen-bond donors (Lipinski definition) is 3. The van der Waals surface area contributed by atoms with Crippen molar-refractivity contribution in [3.8, 4) is 0 Å². The molecule has 1 fully saturated rings. The number of primary amides is 1. The maximum Gasteiger partial charge on any atom is 0.352 e. The van der Waals surface area contributed by atoms with Crippen molar-refractivity contribution in [1.82, 2.24) is 4.90 Å². The fourth-order valence-electron chi connectivity index (χ4n) is 2.77. The van der Waals surface area contributed by atoms with Crippen molar-refractivity contribution < 1.29 is 29.3 Å². The Kier molecular flexibility index (Phi) is 3.78. The van der Waals surface area contributed by atoms with Crippen molar-refractivity contribution in [1.29, 1.82) is 0 Å². The minimum atomic E-state index is -1.22. The molecular weight excluding hydrogens is 268 g/mol. The monoisotopic (exact) mass is 284 g/mol. The van der Waals surface area contributed by atoms with Crippen LogP contribution >= 0.6 is 0 Å². The van der Waals surface area contributed by atoms with Crippen LogP contribution in [0.5, 0.6) is 0 Å². The number of carboxylic acid groups (broad SMARTS) is 1. The average molecular weight is 284 g/mol. The van der Waals surface area contributed by atoms with E-state index >= 15 is 0 Å². The fourth-order valence-corrected chi connectivity index (χ4v) is 2.77. The lowest BCUT2D eigenvalue weighted by molar-refractivity contribution is -0.161. The van der Waals surface area contributed by atoms with E-state index in [1.165, 1.54) is 11.8 Å². The van der Waals surface area contributed by atoms with Crippen LogP contribution in [0.25, 0.3) is 0 Å². The van der Waals surface area contributed by atoms with Crippen molar-refractivity contribution in [2.75, 3.05) is 13.2 Å². The molecule has 20 heavy (non-hydrogen) atoms. The highest BCUT2D eigenvalue weighted by molar-refractivity contribution is 5.99. The van der Waals surface area contributed by atoms with E-state index in [2.05, 4.69) is 0 Å². The van der Waals surface area contributed by atoms with E-state index in [0.717, 1.165) is 0 Å². The van der Waals surface area contributed by atoms with E-state index in [1.54, 1.807) is 0 Å². The fraction of sp³-hybridized carbons (Fsp3) is 0.583. The number of carbonyl (C=O) groups is 3. The second-order valence-corrected chi connectivity index (χ2v) is 4.96. The highest BCUT2D eigenvalue weighted by Crippen LogP contribution is 2.43. The van der Waals surface area contributed by atoms with E-state index in [-0.39, 0.29) is 25.0 Å². The van der Waals surface area contributed by atoms with Gasteiger partial charge in [0.25, 0.3) is 0 Å². The quantitative estimate of drug-likeness (QED) is 0.506. The van der Waals surface area contributed by atoms with Gasteiger partial charge in [-0.3, -0.25) is 9.59 Å². The van der Waals surface area contributed by atoms with Crippen LogP contribution in [0.2, 0.25) is 0 Å². The molecule has 0 bridgehead atoms. The lowest BCUT2D eigenvalue weighted by Gasteiger charge is -2.44. The third-order valence-corrected chi connectivity index (χ3v) is 3.54. The van der Waals surface area contributed by atoms with E-state index < -0.39 is 29.8 Å². The molecule has 0 aliphatic carbocycles. The number of amides is 2. The summed E-state index contributed by atoms with van der Waals surface area (Å²) in [6.07, 6.45) is -0.508. The minimum absolute atomic E-state index is 0.0720. The zero-order valence-electron chi connectivity index (χ0n) is 10.9. The van der Waals surface area contributed by atoms with Crippen molar-refractivity contribution >= 4 is 17.8 Å². The van der Waals surface area contributed by atoms with Gasteiger partial charge in [-0.1, -0.05) is 0 Å². The van der Waals surface area contributed by atoms with Gasteiger partial charge in [-0.15, -0.1) is 0 Å². The van der Waals surface area contributed by atoms with Crippen molar-refractivity contribution in [3.63, 3.8) is 0 Å². The number of fused-ring (bicyclic) bond motifs is 1. The number of hydrogen-bond acceptors (Lipinski definition) is 5. The van der Waals surface area contributed by atoms with Gasteiger partial charge in [0.15, 0.2) is 0 Å². The molecule has 2 amide bonds. The van der Waals surface area contributed by atoms with Crippen LogP contribution in [0.4, 0.5) is 0 Å². The summed E-state index contributed by atoms with van der Waals surface area (Å²) in [6.45, 7) is 1.12. The van der Waals surface area contributed by atoms with Crippen LogP contribution in [0.1, 0.15) is 13.3 Å². The largest absolute Gasteiger partial charge is 0.477 e. The van der Waals surface area contributed by atoms with Crippen LogP contribution in [0.3, 0.4) is 0 Å². The van der Waals surface area contributed by atoms with Crippen LogP contribution in [-0.2, 0) is 19.1 Å². The summed E-state index contributed by atoms with van der Waals surface area (Å²) in [5.41, 5.74) is 5.25. The Bertz CT molecular complexity index is 498. The summed E-state index contributed by atoms with van der Waals surface area (Å²) in [7, 11) is 0. The Labute approximate surface area is 114 Å². The highest BCUT2D eigenvalue weighted by Gasteiger charge is 2.56. The van der Waals surface area contributed by atoms with Crippen LogP contribution in [0, 0.1) is 5.92 Å². The first-order valence-electron chi connectivity index (χ1n) is 6.17. The van der Waals surface area contributed by atoms with Gasteiger partial charge < -0.3 is 25.6 Å². The summed E-state index contributed by atoms with van der Waals surface area (Å²) >= 11 is 0. The molecule has 3 unspecified atom stereocenters. The normalized spacial score (nSPS) is 26.3. The molecule has 0 radical (unpaired) electrons. The standard InChI is InChI=1S/C12H16N2O6/c1-5(15)9-7-2-6(3-20-4-8(13)16)10(12(18)19)14(7)11(9)17/h5,7,9,15H,2-4H2,1H3,(H2,13,16)(H,18,19). The molecule has 2 aliphatic heterocycles. The topological polar surface area (TPSA) is 130 Å². The number of nitrogens with zero attached hydrogens (tertiary/aromatic N) is 1. The van der Waals surface area contributed by atoms with Gasteiger partial charge in [-0.05, 0) is 18.9 Å². The molecule has 8 heteroatoms. The summed E-state index contributed by atoms with van der Waals surface area (Å²) in [5.74, 6) is -2.85. The maximum absolute atomic E-state index is 11.9. The summed E-state index contributed by atoms with van der Waals surface area (Å²) in [4.78, 5) is 34.9. The molecular formula is C12H16N2O6. The van der Waals surface area contributed by atoms with Gasteiger partial charge in [-0.25, -0.2) is 4.79 Å². The molecule has 3 atom stereocenters. The van der Waals surface area contributed by atoms with E-state index in [1.807, 2.05) is 0 Å². The number of β-lactam (4-membered cyclic amide) rings is 1. The molecule has 4 N–H and O–H groups in total. The predicted molar refractivity (Wildman–Crippen MR) is 65.1 cm³/mol. The van der Waals surface area contributed by atoms with Gasteiger partial charge in [0, 0.05) is 0 Å². The number of carboxylic acids is 1. The second-order valence-electron chi connectivity index (χ2n) is 4.96. The molecule has 8 nitrogen and oxygen atoms in total. The first-order valence-corrected chi connectivity index (χ1v) is 6.17. The Morgan fingerprint density at radius 1 is 1.55 bits per heavy atom. The van der Waals surface area contributed by atoms with Crippen molar-refractivity contribution in [3.05, 3.63) is 11.3 Å². The van der Waals surface area contributed by atoms with E-state index in [4.69, 9.17) is 10.5 Å². The lowest BCUT2D eigenvalue weighted by Crippen LogP contribution is -2.61. The Morgan fingerprint density at radius 3 is 2.70 bits per heavy atom. The smallest absolute Gasteiger partial charge is 0.352 e. The molecule has 0 aromatic rings. The molecule has 110 valence electrons. The molecule has 0 spiro atoms. The molecule has 2 aliphatic rings. The number of aliphatic carboxylic acids is 1. The SMILES string of the molecule is CC(O)C1C(=O)N2C(C(=O)O)=C(COCC(N)=O)CC12. The van der Waals surface area contributed by atoms with Gasteiger partial charge in [0.1, 0.15) is 12.3 Å². The van der Waals surface area contributed by atoms with Crippen LogP contribution in [-0.4, -0.2) is 58.3 Å². The number of rotatable bonds is 6. The average Bonchev–Trinajstić information content (AvgIpc) is 2.63. The molecule has 0 aromatic carbocycles. The predicted octanol–water partition coefficient (Wildman–Crippen LogP) is -1.56. The van der Waals surface area contributed by atoms with Crippen molar-refractivity contribution in [2.45, 2.75) is 25.5 Å². The Balaban J connectivity index is 2.13. The zero-order chi connectivity index (χ0) is 15.0. The minimum Gasteiger partial charge on any atom is -0.477 e. The van der Waals surface area contributed by atoms with E-state index in [9.17, 15) is 24.6 Å². The molecule has 2 rings (SSSR count). The Hall–Kier alpha value is -1.93. The number of aliphatic hydroxyl groups excluding tert-OH is 1. The van der Waals surface area contributed by atoms with E-state index in [0.29, 0.717) is 12.0 Å². The number of nitrogens with two attached hydrogens (primary N) is 1. The second kappa shape index (κ2) is 5.22. The lowest BCUT2D eigenvalue weighted by atomic mass is 9.83. The molecule has 2 heterocycles. The molecule has 0 saturated carbocycles. The van der Waals surface area contributed by atoms with Gasteiger partial charge in [0.2, 0.25) is 11.8 Å². The zero-order valence-corrected chi connectivity index (χ0v) is 10.9. The first-order chi connectivity index (χ1) is 9.34. The highest BCUT2D eigenvalue weighted by atomic mass is 16.5. The van der Waals surface area contributed by atoms with Crippen LogP contribution < -0.4 is 5.73 Å². The number of aliphatic hydroxyl groups is 1. The van der Waals surface area contributed by atoms with Gasteiger partial charge in [0.05, 0.1) is 24.7 Å². The summed E-state index contributed by atoms with van der Waals surface area (Å²) in [6, 6.07) is -0.347. The third kappa shape index (κ3) is 2.27. The summed E-state index contributed by atoms with van der Waals surface area (Å²) < 4.78 is 5.02. The van der Waals surface area contributed by atoms with Crippen molar-refractivity contribution in [2.24, 2.45) is 11.7 Å². The molecule has 1 saturated heterocycles. The number of ether oxygens (including phenoxy) is 1. The first kappa shape index (κ1) is 14.5. The van der Waals surface area contributed by atoms with Gasteiger partial charge >= 0.3 is 5.97 Å². The number of carbonyl (C=O) groups excluding carboxylic acids is 2. The Morgan fingerprint density at radius 2 is 2.20 bits per heavy atom. The molecule has 0 aromatic heterocycles. The van der Waals surface area contributed by atoms with Crippen LogP contribution in [0.15, 0.2) is 11.3 Å². The third-order valence-electron chi connectivity index (χ3n) is 3.54. The van der Waals surface area contributed by atoms with Gasteiger partial charge in [-0.2, -0.15) is 0 Å².